The van der Waals surface area contributed by atoms with E-state index in [4.69, 9.17) is 5.73 Å². The van der Waals surface area contributed by atoms with Gasteiger partial charge in [-0.1, -0.05) is 0 Å². The number of methoxy groups -OCH3 is 2. The van der Waals surface area contributed by atoms with Gasteiger partial charge in [-0.3, -0.25) is 0 Å². The highest BCUT2D eigenvalue weighted by molar-refractivity contribution is 5.95. The number of carbonyl (C=O) groups excluding carboxylic acids is 2. The van der Waals surface area contributed by atoms with Crippen molar-refractivity contribution in [2.45, 2.75) is 12.5 Å². The topological polar surface area (TPSA) is 107 Å². The molecule has 1 aliphatic rings. The third kappa shape index (κ3) is 3.33. The number of ether oxygens (including phenoxy) is 2. The average molecular weight is 294 g/mol. The molecular formula is C13H18N4O4. The first-order valence-electron chi connectivity index (χ1n) is 6.48. The Kier molecular flexibility index (Phi) is 4.46. The molecule has 1 unspecified atom stereocenters. The van der Waals surface area contributed by atoms with E-state index < -0.39 is 12.1 Å². The number of nitrogens with two attached hydrogens (primary N) is 1. The molecule has 1 atom stereocenters. The van der Waals surface area contributed by atoms with Crippen LogP contribution >= 0.6 is 0 Å². The van der Waals surface area contributed by atoms with Crippen molar-refractivity contribution >= 4 is 23.6 Å². The molecule has 1 aliphatic heterocycles. The van der Waals surface area contributed by atoms with E-state index in [2.05, 4.69) is 19.8 Å². The maximum absolute atomic E-state index is 11.6. The van der Waals surface area contributed by atoms with Crippen LogP contribution < -0.4 is 16.0 Å². The normalized spacial score (nSPS) is 17.4. The SMILES string of the molecule is COC(=O)NC1CCN(c2cc(C(=O)OC)c(N)cn2)C1. The van der Waals surface area contributed by atoms with Gasteiger partial charge in [0.05, 0.1) is 37.7 Å². The van der Waals surface area contributed by atoms with Crippen LogP contribution in [0.3, 0.4) is 0 Å². The van der Waals surface area contributed by atoms with E-state index >= 15 is 0 Å². The highest BCUT2D eigenvalue weighted by atomic mass is 16.5. The van der Waals surface area contributed by atoms with Crippen molar-refractivity contribution < 1.29 is 19.1 Å². The van der Waals surface area contributed by atoms with Crippen LogP contribution in [0, 0.1) is 0 Å². The lowest BCUT2D eigenvalue weighted by Crippen LogP contribution is -2.37. The predicted molar refractivity (Wildman–Crippen MR) is 76.1 cm³/mol. The number of pyridine rings is 1. The van der Waals surface area contributed by atoms with Crippen molar-refractivity contribution in [1.82, 2.24) is 10.3 Å². The summed E-state index contributed by atoms with van der Waals surface area (Å²) in [6.07, 6.45) is 1.75. The van der Waals surface area contributed by atoms with Crippen LogP contribution in [0.1, 0.15) is 16.8 Å². The van der Waals surface area contributed by atoms with E-state index in [0.717, 1.165) is 6.42 Å². The van der Waals surface area contributed by atoms with Crippen LogP contribution in [0.4, 0.5) is 16.3 Å². The summed E-state index contributed by atoms with van der Waals surface area (Å²) in [6.45, 7) is 1.30. The number of nitrogens with one attached hydrogen (secondary N) is 1. The molecule has 8 nitrogen and oxygen atoms in total. The van der Waals surface area contributed by atoms with Gasteiger partial charge in [-0.2, -0.15) is 0 Å². The van der Waals surface area contributed by atoms with E-state index in [1.807, 2.05) is 4.90 Å². The summed E-state index contributed by atoms with van der Waals surface area (Å²) < 4.78 is 9.26. The summed E-state index contributed by atoms with van der Waals surface area (Å²) in [5.41, 5.74) is 6.28. The smallest absolute Gasteiger partial charge is 0.407 e. The Bertz CT molecular complexity index is 549. The summed E-state index contributed by atoms with van der Waals surface area (Å²) in [5, 5.41) is 2.74. The molecule has 114 valence electrons. The van der Waals surface area contributed by atoms with Gasteiger partial charge < -0.3 is 25.4 Å². The summed E-state index contributed by atoms with van der Waals surface area (Å²) in [6, 6.07) is 1.58. The fraction of sp³-hybridized carbons (Fsp3) is 0.462. The first-order valence-corrected chi connectivity index (χ1v) is 6.48. The Hall–Kier alpha value is -2.51. The van der Waals surface area contributed by atoms with Crippen LogP contribution in [0.5, 0.6) is 0 Å². The lowest BCUT2D eigenvalue weighted by Gasteiger charge is -2.18. The van der Waals surface area contributed by atoms with E-state index in [0.29, 0.717) is 18.9 Å². The quantitative estimate of drug-likeness (QED) is 0.776. The Morgan fingerprint density at radius 1 is 1.43 bits per heavy atom. The largest absolute Gasteiger partial charge is 0.465 e. The molecule has 0 bridgehead atoms. The zero-order chi connectivity index (χ0) is 15.4. The third-order valence-electron chi connectivity index (χ3n) is 3.35. The molecule has 1 aromatic rings. The molecule has 3 N–H and O–H groups in total. The van der Waals surface area contributed by atoms with Gasteiger partial charge in [0.1, 0.15) is 5.82 Å². The molecule has 0 saturated carbocycles. The van der Waals surface area contributed by atoms with Crippen molar-refractivity contribution in [3.05, 3.63) is 17.8 Å². The van der Waals surface area contributed by atoms with Gasteiger partial charge in [0.25, 0.3) is 0 Å². The molecule has 2 rings (SSSR count). The Balaban J connectivity index is 2.09. The molecule has 0 spiro atoms. The van der Waals surface area contributed by atoms with Crippen molar-refractivity contribution in [2.75, 3.05) is 37.9 Å². The lowest BCUT2D eigenvalue weighted by atomic mass is 10.2. The van der Waals surface area contributed by atoms with Crippen LogP contribution in [-0.2, 0) is 9.47 Å². The zero-order valence-electron chi connectivity index (χ0n) is 12.0. The average Bonchev–Trinajstić information content (AvgIpc) is 2.95. The van der Waals surface area contributed by atoms with Gasteiger partial charge in [0.15, 0.2) is 0 Å². The van der Waals surface area contributed by atoms with Gasteiger partial charge in [0, 0.05) is 13.1 Å². The molecular weight excluding hydrogens is 276 g/mol. The highest BCUT2D eigenvalue weighted by Crippen LogP contribution is 2.22. The zero-order valence-corrected chi connectivity index (χ0v) is 12.0. The fourth-order valence-electron chi connectivity index (χ4n) is 2.23. The van der Waals surface area contributed by atoms with Gasteiger partial charge in [-0.15, -0.1) is 0 Å². The number of nitrogens with zero attached hydrogens (tertiary/aromatic N) is 2. The van der Waals surface area contributed by atoms with Crippen molar-refractivity contribution in [3.8, 4) is 0 Å². The summed E-state index contributed by atoms with van der Waals surface area (Å²) in [5.74, 6) is 0.123. The standard InChI is InChI=1S/C13H18N4O4/c1-20-12(18)9-5-11(15-6-10(9)14)17-4-3-8(7-17)16-13(19)21-2/h5-6,8H,3-4,7,14H2,1-2H3,(H,16,19). The predicted octanol–water partition coefficient (Wildman–Crippen LogP) is 0.385. The maximum Gasteiger partial charge on any atom is 0.407 e. The number of hydrogen-bond acceptors (Lipinski definition) is 7. The number of hydrogen-bond donors (Lipinski definition) is 2. The van der Waals surface area contributed by atoms with E-state index in [1.165, 1.54) is 20.4 Å². The minimum Gasteiger partial charge on any atom is -0.465 e. The summed E-state index contributed by atoms with van der Waals surface area (Å²) in [7, 11) is 2.63. The number of alkyl carbamates (subject to hydrolysis) is 1. The summed E-state index contributed by atoms with van der Waals surface area (Å²) in [4.78, 5) is 29.0. The van der Waals surface area contributed by atoms with E-state index in [1.54, 1.807) is 6.07 Å². The van der Waals surface area contributed by atoms with Crippen LogP contribution in [0.2, 0.25) is 0 Å². The second kappa shape index (κ2) is 6.29. The van der Waals surface area contributed by atoms with Crippen molar-refractivity contribution in [2.24, 2.45) is 0 Å². The molecule has 1 amide bonds. The van der Waals surface area contributed by atoms with Crippen molar-refractivity contribution in [1.29, 1.82) is 0 Å². The number of amides is 1. The number of rotatable bonds is 3. The van der Waals surface area contributed by atoms with Crippen LogP contribution in [0.15, 0.2) is 12.3 Å². The third-order valence-corrected chi connectivity index (χ3v) is 3.35. The van der Waals surface area contributed by atoms with Gasteiger partial charge >= 0.3 is 12.1 Å². The minimum atomic E-state index is -0.500. The minimum absolute atomic E-state index is 0.0154. The molecule has 1 saturated heterocycles. The second-order valence-corrected chi connectivity index (χ2v) is 4.69. The molecule has 0 radical (unpaired) electrons. The second-order valence-electron chi connectivity index (χ2n) is 4.69. The van der Waals surface area contributed by atoms with Crippen LogP contribution in [-0.4, -0.2) is 50.4 Å². The van der Waals surface area contributed by atoms with Crippen molar-refractivity contribution in [3.63, 3.8) is 0 Å². The first kappa shape index (κ1) is 14.9. The number of nitrogen functional groups attached to an aromatic ring is 1. The van der Waals surface area contributed by atoms with Crippen LogP contribution in [0.25, 0.3) is 0 Å². The number of esters is 1. The number of anilines is 2. The molecule has 8 heteroatoms. The molecule has 1 fully saturated rings. The van der Waals surface area contributed by atoms with Gasteiger partial charge in [-0.25, -0.2) is 14.6 Å². The van der Waals surface area contributed by atoms with Gasteiger partial charge in [-0.05, 0) is 12.5 Å². The molecule has 21 heavy (non-hydrogen) atoms. The maximum atomic E-state index is 11.6. The fourth-order valence-corrected chi connectivity index (χ4v) is 2.23. The Morgan fingerprint density at radius 3 is 2.86 bits per heavy atom. The monoisotopic (exact) mass is 294 g/mol. The highest BCUT2D eigenvalue weighted by Gasteiger charge is 2.26. The molecule has 0 aliphatic carbocycles. The molecule has 1 aromatic heterocycles. The molecule has 2 heterocycles. The Morgan fingerprint density at radius 2 is 2.19 bits per heavy atom. The number of carbonyl (C=O) groups is 2. The van der Waals surface area contributed by atoms with E-state index in [9.17, 15) is 9.59 Å². The van der Waals surface area contributed by atoms with Gasteiger partial charge in [0.2, 0.25) is 0 Å². The lowest BCUT2D eigenvalue weighted by molar-refractivity contribution is 0.0602. The molecule has 0 aromatic carbocycles. The Labute approximate surface area is 122 Å². The summed E-state index contributed by atoms with van der Waals surface area (Å²) >= 11 is 0. The number of aromatic nitrogens is 1. The van der Waals surface area contributed by atoms with E-state index in [-0.39, 0.29) is 17.3 Å². The first-order chi connectivity index (χ1) is 10.0.